The Bertz CT molecular complexity index is 3070. The maximum Gasteiger partial charge on any atom is 0.136 e. The molecule has 11 rings (SSSR count). The number of fused-ring (bicyclic) bond motifs is 10. The first-order chi connectivity index (χ1) is 24.8. The van der Waals surface area contributed by atoms with Crippen LogP contribution >= 0.6 is 11.3 Å². The smallest absolute Gasteiger partial charge is 0.136 e. The van der Waals surface area contributed by atoms with Crippen LogP contribution in [0.5, 0.6) is 0 Å². The second kappa shape index (κ2) is 10.6. The third-order valence-corrected chi connectivity index (χ3v) is 11.6. The van der Waals surface area contributed by atoms with Crippen LogP contribution in [0.15, 0.2) is 174 Å². The van der Waals surface area contributed by atoms with E-state index in [9.17, 15) is 0 Å². The van der Waals surface area contributed by atoms with Gasteiger partial charge in [0.2, 0.25) is 0 Å². The standard InChI is InChI=1S/C48H28OS/c1-2-10-30(11-3-1)46-35-13-4-6-15-37(35)47(38-16-7-5-14-36(38)46)31-20-18-29(19-21-31)32-22-24-39-45(27-32)50-44-25-23-33-26-43-41(28-40(33)48(39)44)34-12-8-9-17-42(34)49-43/h1-28H. The highest BCUT2D eigenvalue weighted by atomic mass is 32.1. The second-order valence-electron chi connectivity index (χ2n) is 13.2. The SMILES string of the molecule is c1ccc(-c2c3ccccc3c(-c3ccc(-c4ccc5c(c4)sc4ccc6cc7oc8ccccc8c7cc6c45)cc3)c3ccccc23)cc1. The van der Waals surface area contributed by atoms with Crippen molar-refractivity contribution in [3.63, 3.8) is 0 Å². The van der Waals surface area contributed by atoms with Gasteiger partial charge in [-0.05, 0) is 96.0 Å². The summed E-state index contributed by atoms with van der Waals surface area (Å²) in [4.78, 5) is 0. The number of hydrogen-bond acceptors (Lipinski definition) is 2. The molecule has 0 aliphatic rings. The number of rotatable bonds is 3. The Balaban J connectivity index is 1.04. The molecule has 9 aromatic carbocycles. The van der Waals surface area contributed by atoms with Gasteiger partial charge in [0.05, 0.1) is 0 Å². The van der Waals surface area contributed by atoms with E-state index in [2.05, 4.69) is 164 Å². The molecule has 0 aliphatic heterocycles. The molecule has 0 N–H and O–H groups in total. The molecular weight excluding hydrogens is 625 g/mol. The van der Waals surface area contributed by atoms with Crippen molar-refractivity contribution in [2.75, 3.05) is 0 Å². The Hall–Kier alpha value is -6.22. The summed E-state index contributed by atoms with van der Waals surface area (Å²) in [7, 11) is 0. The number of benzene rings is 9. The molecule has 232 valence electrons. The number of para-hydroxylation sites is 1. The maximum absolute atomic E-state index is 6.21. The van der Waals surface area contributed by atoms with E-state index in [0.717, 1.165) is 11.2 Å². The Labute approximate surface area is 292 Å². The topological polar surface area (TPSA) is 13.1 Å². The van der Waals surface area contributed by atoms with Gasteiger partial charge >= 0.3 is 0 Å². The first-order valence-corrected chi connectivity index (χ1v) is 17.9. The van der Waals surface area contributed by atoms with Crippen molar-refractivity contribution in [3.8, 4) is 33.4 Å². The highest BCUT2D eigenvalue weighted by Crippen LogP contribution is 2.45. The van der Waals surface area contributed by atoms with E-state index in [0.29, 0.717) is 0 Å². The molecule has 2 aromatic heterocycles. The third-order valence-electron chi connectivity index (χ3n) is 10.5. The van der Waals surface area contributed by atoms with E-state index in [1.807, 2.05) is 17.4 Å². The summed E-state index contributed by atoms with van der Waals surface area (Å²) in [6.07, 6.45) is 0. The van der Waals surface area contributed by atoms with E-state index < -0.39 is 0 Å². The van der Waals surface area contributed by atoms with Crippen molar-refractivity contribution in [2.45, 2.75) is 0 Å². The summed E-state index contributed by atoms with van der Waals surface area (Å²) in [6, 6.07) is 62.0. The van der Waals surface area contributed by atoms with Gasteiger partial charge in [0.1, 0.15) is 11.2 Å². The average Bonchev–Trinajstić information content (AvgIpc) is 3.74. The van der Waals surface area contributed by atoms with Crippen molar-refractivity contribution < 1.29 is 4.42 Å². The van der Waals surface area contributed by atoms with Crippen LogP contribution in [-0.2, 0) is 0 Å². The third kappa shape index (κ3) is 4.06. The zero-order valence-corrected chi connectivity index (χ0v) is 27.8. The summed E-state index contributed by atoms with van der Waals surface area (Å²) in [5, 5.41) is 12.6. The molecule has 2 heterocycles. The minimum Gasteiger partial charge on any atom is -0.456 e. The number of furan rings is 1. The normalized spacial score (nSPS) is 12.0. The predicted octanol–water partition coefficient (Wildman–Crippen LogP) is 14.4. The summed E-state index contributed by atoms with van der Waals surface area (Å²) in [6.45, 7) is 0. The maximum atomic E-state index is 6.21. The van der Waals surface area contributed by atoms with Gasteiger partial charge in [-0.25, -0.2) is 0 Å². The molecule has 0 atom stereocenters. The summed E-state index contributed by atoms with van der Waals surface area (Å²) in [5.41, 5.74) is 9.39. The molecular formula is C48H28OS. The largest absolute Gasteiger partial charge is 0.456 e. The Morgan fingerprint density at radius 1 is 0.320 bits per heavy atom. The van der Waals surface area contributed by atoms with Crippen LogP contribution in [0.25, 0.3) is 108 Å². The fraction of sp³-hybridized carbons (Fsp3) is 0. The molecule has 0 saturated carbocycles. The summed E-state index contributed by atoms with van der Waals surface area (Å²) < 4.78 is 8.83. The van der Waals surface area contributed by atoms with Crippen molar-refractivity contribution in [1.29, 1.82) is 0 Å². The molecule has 0 aliphatic carbocycles. The van der Waals surface area contributed by atoms with Crippen molar-refractivity contribution in [3.05, 3.63) is 170 Å². The van der Waals surface area contributed by atoms with E-state index in [-0.39, 0.29) is 0 Å². The van der Waals surface area contributed by atoms with Gasteiger partial charge in [-0.15, -0.1) is 11.3 Å². The van der Waals surface area contributed by atoms with Gasteiger partial charge in [0, 0.05) is 30.9 Å². The van der Waals surface area contributed by atoms with Crippen molar-refractivity contribution in [1.82, 2.24) is 0 Å². The predicted molar refractivity (Wildman–Crippen MR) is 215 cm³/mol. The molecule has 0 bridgehead atoms. The van der Waals surface area contributed by atoms with Gasteiger partial charge in [0.25, 0.3) is 0 Å². The van der Waals surface area contributed by atoms with E-state index in [4.69, 9.17) is 4.42 Å². The Morgan fingerprint density at radius 2 is 0.900 bits per heavy atom. The van der Waals surface area contributed by atoms with Crippen LogP contribution in [0.4, 0.5) is 0 Å². The van der Waals surface area contributed by atoms with Gasteiger partial charge in [-0.3, -0.25) is 0 Å². The van der Waals surface area contributed by atoms with Crippen LogP contribution in [0.3, 0.4) is 0 Å². The minimum absolute atomic E-state index is 0.936. The molecule has 0 fully saturated rings. The quantitative estimate of drug-likeness (QED) is 0.173. The average molecular weight is 653 g/mol. The first-order valence-electron chi connectivity index (χ1n) is 17.1. The van der Waals surface area contributed by atoms with Crippen molar-refractivity contribution in [2.24, 2.45) is 0 Å². The fourth-order valence-electron chi connectivity index (χ4n) is 8.18. The van der Waals surface area contributed by atoms with Crippen molar-refractivity contribution >= 4 is 85.8 Å². The lowest BCUT2D eigenvalue weighted by Gasteiger charge is -2.18. The van der Waals surface area contributed by atoms with Crippen LogP contribution in [0, 0.1) is 0 Å². The van der Waals surface area contributed by atoms with Crippen LogP contribution in [0.2, 0.25) is 0 Å². The summed E-state index contributed by atoms with van der Waals surface area (Å²) >= 11 is 1.88. The Kier molecular flexibility index (Phi) is 5.89. The summed E-state index contributed by atoms with van der Waals surface area (Å²) in [5.74, 6) is 0. The molecule has 50 heavy (non-hydrogen) atoms. The molecule has 0 amide bonds. The lowest BCUT2D eigenvalue weighted by Crippen LogP contribution is -1.90. The molecule has 0 saturated heterocycles. The van der Waals surface area contributed by atoms with E-state index in [1.54, 1.807) is 0 Å². The number of thiophene rings is 1. The zero-order valence-electron chi connectivity index (χ0n) is 27.0. The van der Waals surface area contributed by atoms with Gasteiger partial charge in [0.15, 0.2) is 0 Å². The lowest BCUT2D eigenvalue weighted by atomic mass is 9.86. The zero-order chi connectivity index (χ0) is 32.8. The molecule has 1 nitrogen and oxygen atoms in total. The highest BCUT2D eigenvalue weighted by Gasteiger charge is 2.17. The first kappa shape index (κ1) is 27.7. The minimum atomic E-state index is 0.936. The molecule has 11 aromatic rings. The van der Waals surface area contributed by atoms with E-state index >= 15 is 0 Å². The fourth-order valence-corrected chi connectivity index (χ4v) is 9.34. The second-order valence-corrected chi connectivity index (χ2v) is 14.3. The van der Waals surface area contributed by atoms with E-state index in [1.165, 1.54) is 96.6 Å². The monoisotopic (exact) mass is 652 g/mol. The van der Waals surface area contributed by atoms with Crippen LogP contribution < -0.4 is 0 Å². The molecule has 2 heteroatoms. The number of hydrogen-bond donors (Lipinski definition) is 0. The highest BCUT2D eigenvalue weighted by molar-refractivity contribution is 7.26. The van der Waals surface area contributed by atoms with Gasteiger partial charge in [-0.2, -0.15) is 0 Å². The van der Waals surface area contributed by atoms with Gasteiger partial charge < -0.3 is 4.42 Å². The Morgan fingerprint density at radius 3 is 1.60 bits per heavy atom. The molecule has 0 spiro atoms. The molecule has 0 unspecified atom stereocenters. The van der Waals surface area contributed by atoms with Crippen LogP contribution in [0.1, 0.15) is 0 Å². The lowest BCUT2D eigenvalue weighted by molar-refractivity contribution is 0.669. The molecule has 0 radical (unpaired) electrons. The van der Waals surface area contributed by atoms with Crippen LogP contribution in [-0.4, -0.2) is 0 Å². The van der Waals surface area contributed by atoms with Gasteiger partial charge in [-0.1, -0.05) is 140 Å².